The van der Waals surface area contributed by atoms with Gasteiger partial charge in [-0.1, -0.05) is 0 Å². The largest absolute Gasteiger partial charge is 0.444 e. The number of nitrogens with one attached hydrogen (secondary N) is 1. The second kappa shape index (κ2) is 6.70. The number of rotatable bonds is 4. The fourth-order valence-electron chi connectivity index (χ4n) is 1.83. The molecule has 118 valence electrons. The van der Waals surface area contributed by atoms with Crippen molar-refractivity contribution in [3.63, 3.8) is 0 Å². The Morgan fingerprint density at radius 3 is 2.25 bits per heavy atom. The van der Waals surface area contributed by atoms with Crippen molar-refractivity contribution in [2.24, 2.45) is 5.14 Å². The minimum atomic E-state index is -3.63. The zero-order valence-electron chi connectivity index (χ0n) is 12.3. The number of carbonyl (C=O) groups excluding carboxylic acids is 1. The van der Waals surface area contributed by atoms with Gasteiger partial charge in [0.1, 0.15) is 5.60 Å². The first kappa shape index (κ1) is 17.2. The molecule has 1 rings (SSSR count). The van der Waals surface area contributed by atoms with E-state index in [0.717, 1.165) is 0 Å². The van der Waals surface area contributed by atoms with E-state index in [4.69, 9.17) is 9.88 Å². The van der Waals surface area contributed by atoms with E-state index in [2.05, 4.69) is 9.62 Å². The minimum absolute atomic E-state index is 0.269. The second-order valence-corrected chi connectivity index (χ2v) is 7.13. The first-order valence-electron chi connectivity index (χ1n) is 6.54. The predicted molar refractivity (Wildman–Crippen MR) is 75.4 cm³/mol. The van der Waals surface area contributed by atoms with Crippen LogP contribution in [0.5, 0.6) is 0 Å². The van der Waals surface area contributed by atoms with Crippen LogP contribution in [0.3, 0.4) is 0 Å². The van der Waals surface area contributed by atoms with Crippen LogP contribution in [-0.2, 0) is 14.9 Å². The van der Waals surface area contributed by atoms with Crippen LogP contribution in [0.4, 0.5) is 4.79 Å². The van der Waals surface area contributed by atoms with E-state index in [-0.39, 0.29) is 12.6 Å². The lowest BCUT2D eigenvalue weighted by atomic mass is 10.2. The van der Waals surface area contributed by atoms with Crippen molar-refractivity contribution >= 4 is 16.3 Å². The lowest BCUT2D eigenvalue weighted by Crippen LogP contribution is -2.51. The zero-order chi connectivity index (χ0) is 15.4. The van der Waals surface area contributed by atoms with Gasteiger partial charge in [-0.3, -0.25) is 4.90 Å². The maximum Gasteiger partial charge on any atom is 0.410 e. The molecule has 1 saturated heterocycles. The van der Waals surface area contributed by atoms with Crippen LogP contribution in [0, 0.1) is 0 Å². The molecule has 0 saturated carbocycles. The Bertz CT molecular complexity index is 424. The monoisotopic (exact) mass is 308 g/mol. The first-order valence-corrected chi connectivity index (χ1v) is 8.09. The molecule has 1 amide bonds. The van der Waals surface area contributed by atoms with Crippen molar-refractivity contribution in [1.29, 1.82) is 0 Å². The Hall–Kier alpha value is -0.900. The van der Waals surface area contributed by atoms with Crippen molar-refractivity contribution < 1.29 is 17.9 Å². The van der Waals surface area contributed by atoms with Gasteiger partial charge >= 0.3 is 6.09 Å². The maximum atomic E-state index is 11.8. The van der Waals surface area contributed by atoms with Gasteiger partial charge in [0, 0.05) is 39.3 Å². The molecule has 0 aliphatic carbocycles. The molecule has 0 radical (unpaired) electrons. The summed E-state index contributed by atoms with van der Waals surface area (Å²) in [7, 11) is -3.63. The summed E-state index contributed by atoms with van der Waals surface area (Å²) in [6.45, 7) is 8.86. The second-order valence-electron chi connectivity index (χ2n) is 5.75. The standard InChI is InChI=1S/C11H24N4O4S/c1-11(2,3)19-10(16)15-8-6-14(7-9-15)5-4-13-20(12,17)18/h13H,4-9H2,1-3H3,(H2,12,17,18). The molecule has 1 heterocycles. The molecule has 8 nitrogen and oxygen atoms in total. The van der Waals surface area contributed by atoms with Crippen LogP contribution < -0.4 is 9.86 Å². The zero-order valence-corrected chi connectivity index (χ0v) is 13.1. The number of amides is 1. The maximum absolute atomic E-state index is 11.8. The molecular formula is C11H24N4O4S. The van der Waals surface area contributed by atoms with E-state index in [1.54, 1.807) is 4.90 Å². The Morgan fingerprint density at radius 2 is 1.80 bits per heavy atom. The molecular weight excluding hydrogens is 284 g/mol. The van der Waals surface area contributed by atoms with E-state index >= 15 is 0 Å². The van der Waals surface area contributed by atoms with E-state index in [0.29, 0.717) is 32.7 Å². The van der Waals surface area contributed by atoms with Crippen LogP contribution in [0.15, 0.2) is 0 Å². The van der Waals surface area contributed by atoms with Gasteiger partial charge in [-0.05, 0) is 20.8 Å². The Kier molecular flexibility index (Phi) is 5.75. The molecule has 1 fully saturated rings. The third-order valence-corrected chi connectivity index (χ3v) is 3.36. The summed E-state index contributed by atoms with van der Waals surface area (Å²) in [5.74, 6) is 0. The van der Waals surface area contributed by atoms with Crippen molar-refractivity contribution in [1.82, 2.24) is 14.5 Å². The number of carbonyl (C=O) groups is 1. The summed E-state index contributed by atoms with van der Waals surface area (Å²) >= 11 is 0. The lowest BCUT2D eigenvalue weighted by molar-refractivity contribution is 0.0147. The number of nitrogens with two attached hydrogens (primary N) is 1. The molecule has 1 aliphatic heterocycles. The van der Waals surface area contributed by atoms with Gasteiger partial charge in [0.15, 0.2) is 0 Å². The Balaban J connectivity index is 2.28. The number of hydrogen-bond donors (Lipinski definition) is 2. The normalized spacial score (nSPS) is 18.1. The smallest absolute Gasteiger partial charge is 0.410 e. The molecule has 0 atom stereocenters. The predicted octanol–water partition coefficient (Wildman–Crippen LogP) is -0.668. The average molecular weight is 308 g/mol. The number of hydrogen-bond acceptors (Lipinski definition) is 5. The van der Waals surface area contributed by atoms with Crippen molar-refractivity contribution in [3.8, 4) is 0 Å². The fraction of sp³-hybridized carbons (Fsp3) is 0.909. The number of piperazine rings is 1. The third-order valence-electron chi connectivity index (χ3n) is 2.76. The molecule has 0 aromatic rings. The molecule has 0 spiro atoms. The molecule has 20 heavy (non-hydrogen) atoms. The highest BCUT2D eigenvalue weighted by atomic mass is 32.2. The van der Waals surface area contributed by atoms with Crippen LogP contribution in [0.25, 0.3) is 0 Å². The van der Waals surface area contributed by atoms with Crippen LogP contribution >= 0.6 is 0 Å². The quantitative estimate of drug-likeness (QED) is 0.717. The average Bonchev–Trinajstić information content (AvgIpc) is 2.25. The Labute approximate surface area is 120 Å². The third kappa shape index (κ3) is 7.04. The van der Waals surface area contributed by atoms with Crippen molar-refractivity contribution in [2.75, 3.05) is 39.3 Å². The lowest BCUT2D eigenvalue weighted by Gasteiger charge is -2.35. The summed E-state index contributed by atoms with van der Waals surface area (Å²) in [6, 6.07) is 0. The molecule has 0 unspecified atom stereocenters. The highest BCUT2D eigenvalue weighted by Gasteiger charge is 2.25. The van der Waals surface area contributed by atoms with Gasteiger partial charge in [-0.25, -0.2) is 14.7 Å². The summed E-state index contributed by atoms with van der Waals surface area (Å²) in [5, 5.41) is 4.84. The van der Waals surface area contributed by atoms with E-state index in [1.807, 2.05) is 20.8 Å². The van der Waals surface area contributed by atoms with E-state index in [1.165, 1.54) is 0 Å². The van der Waals surface area contributed by atoms with Crippen molar-refractivity contribution in [3.05, 3.63) is 0 Å². The van der Waals surface area contributed by atoms with Gasteiger partial charge in [-0.2, -0.15) is 8.42 Å². The Morgan fingerprint density at radius 1 is 1.25 bits per heavy atom. The highest BCUT2D eigenvalue weighted by molar-refractivity contribution is 7.87. The molecule has 9 heteroatoms. The van der Waals surface area contributed by atoms with E-state index in [9.17, 15) is 13.2 Å². The van der Waals surface area contributed by atoms with Crippen LogP contribution in [0.1, 0.15) is 20.8 Å². The highest BCUT2D eigenvalue weighted by Crippen LogP contribution is 2.11. The van der Waals surface area contributed by atoms with Gasteiger partial charge < -0.3 is 9.64 Å². The van der Waals surface area contributed by atoms with Gasteiger partial charge in [0.25, 0.3) is 10.2 Å². The first-order chi connectivity index (χ1) is 9.07. The summed E-state index contributed by atoms with van der Waals surface area (Å²) in [4.78, 5) is 15.6. The number of ether oxygens (including phenoxy) is 1. The molecule has 0 aromatic heterocycles. The SMILES string of the molecule is CC(C)(C)OC(=O)N1CCN(CCNS(N)(=O)=O)CC1. The van der Waals surface area contributed by atoms with Gasteiger partial charge in [0.2, 0.25) is 0 Å². The number of nitrogens with zero attached hydrogens (tertiary/aromatic N) is 2. The van der Waals surface area contributed by atoms with Crippen molar-refractivity contribution in [2.45, 2.75) is 26.4 Å². The minimum Gasteiger partial charge on any atom is -0.444 e. The summed E-state index contributed by atoms with van der Waals surface area (Å²) < 4.78 is 29.0. The van der Waals surface area contributed by atoms with Crippen LogP contribution in [0.2, 0.25) is 0 Å². The summed E-state index contributed by atoms with van der Waals surface area (Å²) in [6.07, 6.45) is -0.306. The van der Waals surface area contributed by atoms with E-state index < -0.39 is 15.8 Å². The molecule has 3 N–H and O–H groups in total. The molecule has 0 aromatic carbocycles. The van der Waals surface area contributed by atoms with Crippen LogP contribution in [-0.4, -0.2) is 69.2 Å². The molecule has 1 aliphatic rings. The van der Waals surface area contributed by atoms with Gasteiger partial charge in [0.05, 0.1) is 0 Å². The fourth-order valence-corrected chi connectivity index (χ4v) is 2.20. The summed E-state index contributed by atoms with van der Waals surface area (Å²) in [5.41, 5.74) is -0.492. The van der Waals surface area contributed by atoms with Gasteiger partial charge in [-0.15, -0.1) is 0 Å². The molecule has 0 bridgehead atoms. The topological polar surface area (TPSA) is 105 Å².